The number of rotatable bonds is 15. The number of nitrogens with one attached hydrogen (secondary N) is 4. The Hall–Kier alpha value is -14.1. The van der Waals surface area contributed by atoms with Gasteiger partial charge in [-0.15, -0.1) is 0 Å². The Labute approximate surface area is 867 Å². The third-order valence-corrected chi connectivity index (χ3v) is 28.1. The van der Waals surface area contributed by atoms with Crippen molar-refractivity contribution in [1.29, 1.82) is 0 Å². The summed E-state index contributed by atoms with van der Waals surface area (Å²) in [6.45, 7) is 27.5. The van der Waals surface area contributed by atoms with Gasteiger partial charge in [-0.05, 0) is 163 Å². The average molecular weight is 2180 g/mol. The van der Waals surface area contributed by atoms with Crippen LogP contribution in [-0.4, -0.2) is 284 Å². The van der Waals surface area contributed by atoms with Crippen LogP contribution < -0.4 is 45.8 Å². The second-order valence-electron chi connectivity index (χ2n) is 38.1. The van der Waals surface area contributed by atoms with Crippen LogP contribution in [0.4, 0.5) is 42.3 Å². The predicted octanol–water partition coefficient (Wildman–Crippen LogP) is 14.1. The molecule has 0 aromatic carbocycles. The minimum absolute atomic E-state index is 0.0483. The predicted molar refractivity (Wildman–Crippen MR) is 568 cm³/mol. The molecule has 0 spiro atoms. The number of nitrogens with zero attached hydrogens (tertiary/aromatic N) is 35. The van der Waals surface area contributed by atoms with E-state index in [4.69, 9.17) is 41.5 Å². The number of piperazine rings is 4. The van der Waals surface area contributed by atoms with Gasteiger partial charge in [-0.3, -0.25) is 47.0 Å². The summed E-state index contributed by atoms with van der Waals surface area (Å²) >= 11 is 16.3. The number of allylic oxidation sites excluding steroid dienone is 2. The fourth-order valence-corrected chi connectivity index (χ4v) is 21.0. The highest BCUT2D eigenvalue weighted by Crippen LogP contribution is 2.37. The van der Waals surface area contributed by atoms with E-state index < -0.39 is 11.9 Å². The van der Waals surface area contributed by atoms with Gasteiger partial charge < -0.3 is 45.8 Å². The molecule has 0 amide bonds. The zero-order valence-corrected chi connectivity index (χ0v) is 86.4. The number of aliphatic imine (C=N–C) groups is 5. The molecule has 0 bridgehead atoms. The Balaban J connectivity index is 0.000000107. The van der Waals surface area contributed by atoms with Crippen molar-refractivity contribution in [2.75, 3.05) is 103 Å². The normalized spacial score (nSPS) is 21.6. The molecule has 0 saturated carbocycles. The van der Waals surface area contributed by atoms with E-state index in [1.165, 1.54) is 45.1 Å². The number of anilines is 5. The number of aromatic nitrogens is 25. The fourth-order valence-electron chi connectivity index (χ4n) is 19.9. The van der Waals surface area contributed by atoms with Crippen LogP contribution in [0.5, 0.6) is 0 Å². The maximum absolute atomic E-state index is 13.2. The van der Waals surface area contributed by atoms with E-state index >= 15 is 0 Å². The molecule has 5 fully saturated rings. The third kappa shape index (κ3) is 21.5. The Morgan fingerprint density at radius 1 is 0.432 bits per heavy atom. The van der Waals surface area contributed by atoms with Crippen molar-refractivity contribution in [1.82, 2.24) is 143 Å². The summed E-state index contributed by atoms with van der Waals surface area (Å²) in [7, 11) is 0. The van der Waals surface area contributed by atoms with Crippen LogP contribution >= 0.6 is 59.4 Å². The van der Waals surface area contributed by atoms with Gasteiger partial charge in [0.25, 0.3) is 0 Å². The van der Waals surface area contributed by atoms with Gasteiger partial charge in [0.05, 0.1) is 111 Å². The molecule has 25 rings (SSSR count). The van der Waals surface area contributed by atoms with Crippen LogP contribution in [0, 0.1) is 5.92 Å². The molecule has 0 radical (unpaired) electrons. The van der Waals surface area contributed by atoms with Crippen molar-refractivity contribution in [3.8, 4) is 57.6 Å². The second kappa shape index (κ2) is 41.8. The van der Waals surface area contributed by atoms with Gasteiger partial charge in [0.15, 0.2) is 63.1 Å². The lowest BCUT2D eigenvalue weighted by molar-refractivity contribution is -0.141. The zero-order valence-electron chi connectivity index (χ0n) is 80.9. The van der Waals surface area contributed by atoms with Crippen LogP contribution in [0.25, 0.3) is 85.8 Å². The van der Waals surface area contributed by atoms with Crippen molar-refractivity contribution < 1.29 is 13.2 Å². The molecule has 146 heavy (non-hydrogen) atoms. The quantitative estimate of drug-likeness (QED) is 0.0740. The molecule has 8 unspecified atom stereocenters. The molecule has 15 aromatic rings. The number of piperidine rings is 1. The summed E-state index contributed by atoms with van der Waals surface area (Å²) in [5, 5.41) is 15.1. The van der Waals surface area contributed by atoms with Crippen LogP contribution in [0.2, 0.25) is 5.15 Å². The maximum Gasteiger partial charge on any atom is 0.434 e. The summed E-state index contributed by atoms with van der Waals surface area (Å²) in [6.07, 6.45) is 52.0. The summed E-state index contributed by atoms with van der Waals surface area (Å²) in [6, 6.07) is 11.0. The highest BCUT2D eigenvalue weighted by Gasteiger charge is 2.41. The molecule has 8 atom stereocenters. The number of halogens is 7. The molecule has 746 valence electrons. The molecular weight excluding hydrogens is 2080 g/mol. The number of imidazole rings is 5. The Morgan fingerprint density at radius 3 is 1.30 bits per heavy atom. The van der Waals surface area contributed by atoms with Crippen LogP contribution in [0.1, 0.15) is 86.8 Å². The Morgan fingerprint density at radius 2 is 0.856 bits per heavy atom. The molecule has 39 nitrogen and oxygen atoms in total. The Bertz CT molecular complexity index is 7580. The minimum atomic E-state index is -4.56. The van der Waals surface area contributed by atoms with Crippen LogP contribution in [0.3, 0.4) is 0 Å². The lowest BCUT2D eigenvalue weighted by Crippen LogP contribution is -2.62. The van der Waals surface area contributed by atoms with Crippen molar-refractivity contribution in [3.63, 3.8) is 0 Å². The standard InChI is InChI=1S/C21H21F3N8.C20H21BrN8.C20H20BrN7.C20H21ClN8.C19H19BrN8/c1-12-10-31(13(2)19(29-12)14-4-3-6-25-14)17-5-7-26-20(30-17)15-8-28-18-9-27-16(11-32(15)18)21(22,23)24;1-20(2)12-28(10-14(27-20)13-3-5-22-7-13)17-4-6-23-19(26-17)15-8-25-18-9-24-16(21)11-29(15)18;1-13-4-5-15(25-13)14-3-2-8-27(11-14)18-6-7-22-20(26-18)16-9-24-19-10-23-17(21)12-28(16)19;1-20(2)12-28(10-14(27-20)13-3-5-22-7-13)17-4-6-23-19(26-17)15-8-25-18-9-24-16(21)11-29(15)18;1-12-18(13-2-4-21-8-13)22-6-7-27(12)16-3-5-23-19(26-16)14-9-25-17-10-24-15(20)11-28(14)17/h4-9,11-13,19,29H,3,10H2,1-2H3;3-4,6-9,11,14,27H,5,10,12H2,1-2H3;5-7,9-10,12,14H,2-4,8,11H2,1H3;3-4,6-9,11,14,27H,5,10,12H2,1-2H3;2-3,5,8-12,18,22H,4,6-7H2,1H3. The van der Waals surface area contributed by atoms with Gasteiger partial charge in [-0.2, -0.15) is 13.2 Å². The Kier molecular flexibility index (Phi) is 28.0. The van der Waals surface area contributed by atoms with Gasteiger partial charge in [0.2, 0.25) is 0 Å². The fraction of sp³-hybridized carbons (Fsp3) is 0.350. The van der Waals surface area contributed by atoms with E-state index in [1.54, 1.807) is 68.2 Å². The monoisotopic (exact) mass is 2180 g/mol. The van der Waals surface area contributed by atoms with Gasteiger partial charge >= 0.3 is 6.18 Å². The highest BCUT2D eigenvalue weighted by molar-refractivity contribution is 9.11. The SMILES string of the molecule is CC1(C)CN(c2ccnc(-c3cnc4cnc(Br)cn34)n2)CC(C2=CCN=C2)N1.CC1(C)CN(c2ccnc(-c3cnc4cnc(Cl)cn34)n2)CC(C2=CCN=C2)N1.CC1=NC(C2CCCN(c3ccnc(-c4cnc5cnc(Br)cn45)n3)C2)=CC1.CC1C(C2=CCN=C2)NCCN1c1ccnc(-c2cnc3cnc(Br)cn23)n1.CC1CN(c2ccnc(-c3cnc4cnc(C(F)(F)F)cn34)n2)C(C)C(C2=CCC=N2)N1. The van der Waals surface area contributed by atoms with Crippen LogP contribution in [-0.2, 0) is 6.18 Å². The first kappa shape index (κ1) is 98.0. The summed E-state index contributed by atoms with van der Waals surface area (Å²) in [4.78, 5) is 122. The van der Waals surface area contributed by atoms with E-state index in [2.05, 4.69) is 274 Å². The van der Waals surface area contributed by atoms with Crippen molar-refractivity contribution in [2.45, 2.75) is 141 Å². The molecular formula is C100H102Br3ClF3N39. The number of alkyl halides is 3. The topological polar surface area (TPSA) is 406 Å². The number of hydrogen-bond acceptors (Lipinski definition) is 34. The second-order valence-corrected chi connectivity index (χ2v) is 40.9. The molecule has 10 aliphatic heterocycles. The van der Waals surface area contributed by atoms with Crippen LogP contribution in [0.15, 0.2) is 252 Å². The van der Waals surface area contributed by atoms with Crippen molar-refractivity contribution in [3.05, 3.63) is 237 Å². The van der Waals surface area contributed by atoms with Gasteiger partial charge in [0.1, 0.15) is 76.5 Å². The number of fused-ring (bicyclic) bond motifs is 5. The van der Waals surface area contributed by atoms with Gasteiger partial charge in [-0.1, -0.05) is 42.0 Å². The summed E-state index contributed by atoms with van der Waals surface area (Å²) in [5.41, 5.74) is 13.0. The first-order chi connectivity index (χ1) is 70.6. The lowest BCUT2D eigenvalue weighted by atomic mass is 9.95. The van der Waals surface area contributed by atoms with Gasteiger partial charge in [-0.25, -0.2) is 99.7 Å². The van der Waals surface area contributed by atoms with E-state index in [1.807, 2.05) is 110 Å². The molecule has 4 N–H and O–H groups in total. The first-order valence-corrected chi connectivity index (χ1v) is 50.8. The van der Waals surface area contributed by atoms with Crippen molar-refractivity contribution >= 4 is 147 Å². The molecule has 25 heterocycles. The third-order valence-electron chi connectivity index (χ3n) is 26.7. The largest absolute Gasteiger partial charge is 0.434 e. The number of hydrogen-bond donors (Lipinski definition) is 4. The summed E-state index contributed by atoms with van der Waals surface area (Å²) in [5.74, 6) is 7.70. The highest BCUT2D eigenvalue weighted by atomic mass is 79.9. The zero-order chi connectivity index (χ0) is 101. The molecule has 46 heteroatoms. The van der Waals surface area contributed by atoms with E-state index in [0.717, 1.165) is 193 Å². The molecule has 0 aliphatic carbocycles. The lowest BCUT2D eigenvalue weighted by Gasteiger charge is -2.44. The van der Waals surface area contributed by atoms with Gasteiger partial charge in [0, 0.05) is 205 Å². The average Bonchev–Trinajstić information content (AvgIpc) is 1.61. The van der Waals surface area contributed by atoms with E-state index in [9.17, 15) is 13.2 Å². The summed E-state index contributed by atoms with van der Waals surface area (Å²) < 4.78 is 50.7. The van der Waals surface area contributed by atoms with E-state index in [0.29, 0.717) is 57.4 Å². The molecule has 15 aromatic heterocycles. The smallest absolute Gasteiger partial charge is 0.356 e. The first-order valence-electron chi connectivity index (χ1n) is 48.1. The maximum atomic E-state index is 13.2. The van der Waals surface area contributed by atoms with E-state index in [-0.39, 0.29) is 59.0 Å². The molecule has 10 aliphatic rings. The molecule has 5 saturated heterocycles. The minimum Gasteiger partial charge on any atom is -0.356 e. The van der Waals surface area contributed by atoms with Crippen molar-refractivity contribution in [2.24, 2.45) is 30.9 Å².